The van der Waals surface area contributed by atoms with E-state index in [1.165, 1.54) is 18.2 Å². The van der Waals surface area contributed by atoms with Crippen molar-refractivity contribution in [1.29, 1.82) is 5.26 Å². The largest absolute Gasteiger partial charge is 0.473 e. The molecule has 9 nitrogen and oxygen atoms in total. The summed E-state index contributed by atoms with van der Waals surface area (Å²) >= 11 is 0. The molecule has 234 valence electrons. The van der Waals surface area contributed by atoms with E-state index >= 15 is 4.39 Å². The quantitative estimate of drug-likeness (QED) is 0.170. The van der Waals surface area contributed by atoms with Crippen LogP contribution in [0.3, 0.4) is 0 Å². The van der Waals surface area contributed by atoms with Crippen LogP contribution < -0.4 is 10.1 Å². The average Bonchev–Trinajstić information content (AvgIpc) is 3.34. The van der Waals surface area contributed by atoms with Gasteiger partial charge in [-0.1, -0.05) is 18.2 Å². The number of ether oxygens (including phenoxy) is 3. The van der Waals surface area contributed by atoms with Crippen LogP contribution in [0.1, 0.15) is 48.7 Å². The second-order valence-corrected chi connectivity index (χ2v) is 11.9. The Bertz CT molecular complexity index is 1970. The molecule has 0 amide bonds. The van der Waals surface area contributed by atoms with Gasteiger partial charge in [0.15, 0.2) is 0 Å². The molecular weight excluding hydrogens is 592 g/mol. The highest BCUT2D eigenvalue weighted by atomic mass is 19.1. The van der Waals surface area contributed by atoms with Gasteiger partial charge in [0, 0.05) is 23.8 Å². The molecular formula is C35H31F2N5O4. The summed E-state index contributed by atoms with van der Waals surface area (Å²) in [6.45, 7) is 6.49. The number of hydrogen-bond acceptors (Lipinski definition) is 8. The number of esters is 1. The van der Waals surface area contributed by atoms with Crippen molar-refractivity contribution in [2.45, 2.75) is 52.0 Å². The standard InChI is InChI=1S/C35H31F2N5O4/c1-35(2,3)46-33(43)23-10-12-30-31(17-23)42(19-25-13-14-44-25)34(41-30)40-29-11-9-22(16-27(29)37)28-5-4-6-32(39-28)45-20-24-8-7-21(18-38)15-26(24)36/h4-12,15-17,25H,13-14,19-20H2,1-3H3,(H,40,41)/t25-/m0/s1. The topological polar surface area (TPSA) is 111 Å². The lowest BCUT2D eigenvalue weighted by Gasteiger charge is -2.27. The number of anilines is 2. The molecule has 0 aliphatic carbocycles. The Hall–Kier alpha value is -5.34. The molecule has 3 heterocycles. The summed E-state index contributed by atoms with van der Waals surface area (Å²) < 4.78 is 48.6. The van der Waals surface area contributed by atoms with Crippen molar-refractivity contribution in [1.82, 2.24) is 14.5 Å². The molecule has 5 aromatic rings. The lowest BCUT2D eigenvalue weighted by atomic mass is 10.1. The van der Waals surface area contributed by atoms with E-state index in [0.29, 0.717) is 47.0 Å². The van der Waals surface area contributed by atoms with E-state index < -0.39 is 23.2 Å². The minimum Gasteiger partial charge on any atom is -0.473 e. The monoisotopic (exact) mass is 623 g/mol. The predicted octanol–water partition coefficient (Wildman–Crippen LogP) is 7.31. The van der Waals surface area contributed by atoms with Crippen molar-refractivity contribution >= 4 is 28.6 Å². The van der Waals surface area contributed by atoms with Gasteiger partial charge >= 0.3 is 5.97 Å². The minimum absolute atomic E-state index is 0.0238. The number of hydrogen-bond donors (Lipinski definition) is 1. The number of nitriles is 1. The summed E-state index contributed by atoms with van der Waals surface area (Å²) in [5.74, 6) is -0.873. The van der Waals surface area contributed by atoms with Gasteiger partial charge in [0.25, 0.3) is 0 Å². The third-order valence-corrected chi connectivity index (χ3v) is 7.35. The number of benzene rings is 3. The summed E-state index contributed by atoms with van der Waals surface area (Å²) in [7, 11) is 0. The normalized spacial score (nSPS) is 14.4. The van der Waals surface area contributed by atoms with E-state index in [-0.39, 0.29) is 35.4 Å². The molecule has 0 spiro atoms. The molecule has 1 fully saturated rings. The first-order chi connectivity index (χ1) is 22.1. The summed E-state index contributed by atoms with van der Waals surface area (Å²) in [5.41, 5.74) is 2.75. The van der Waals surface area contributed by atoms with Crippen molar-refractivity contribution in [2.24, 2.45) is 0 Å². The van der Waals surface area contributed by atoms with Crippen LogP contribution in [0.25, 0.3) is 22.3 Å². The zero-order chi connectivity index (χ0) is 32.4. The maximum atomic E-state index is 15.5. The molecule has 11 heteroatoms. The fraction of sp³-hybridized carbons (Fsp3) is 0.257. The lowest BCUT2D eigenvalue weighted by molar-refractivity contribution is -0.0583. The number of imidazole rings is 1. The molecule has 0 saturated carbocycles. The summed E-state index contributed by atoms with van der Waals surface area (Å²) in [6.07, 6.45) is 0.857. The molecule has 1 atom stereocenters. The fourth-order valence-corrected chi connectivity index (χ4v) is 4.94. The Kier molecular flexibility index (Phi) is 8.39. The van der Waals surface area contributed by atoms with Crippen LogP contribution in [0, 0.1) is 23.0 Å². The van der Waals surface area contributed by atoms with Crippen molar-refractivity contribution < 1.29 is 27.8 Å². The first kappa shape index (κ1) is 30.7. The van der Waals surface area contributed by atoms with E-state index in [4.69, 9.17) is 24.5 Å². The third-order valence-electron chi connectivity index (χ3n) is 7.35. The van der Waals surface area contributed by atoms with Gasteiger partial charge in [0.1, 0.15) is 23.8 Å². The lowest BCUT2D eigenvalue weighted by Crippen LogP contribution is -2.31. The number of carbonyl (C=O) groups is 1. The molecule has 1 aliphatic heterocycles. The number of carbonyl (C=O) groups excluding carboxylic acids is 1. The first-order valence-electron chi connectivity index (χ1n) is 14.8. The Morgan fingerprint density at radius 2 is 1.89 bits per heavy atom. The van der Waals surface area contributed by atoms with Crippen molar-refractivity contribution in [2.75, 3.05) is 11.9 Å². The van der Waals surface area contributed by atoms with Crippen LogP contribution in [0.2, 0.25) is 0 Å². The van der Waals surface area contributed by atoms with E-state index in [1.807, 2.05) is 31.4 Å². The number of aromatic nitrogens is 3. The second kappa shape index (κ2) is 12.6. The molecule has 46 heavy (non-hydrogen) atoms. The number of rotatable bonds is 9. The van der Waals surface area contributed by atoms with E-state index in [0.717, 1.165) is 12.5 Å². The van der Waals surface area contributed by atoms with Gasteiger partial charge in [-0.25, -0.2) is 23.5 Å². The average molecular weight is 624 g/mol. The number of fused-ring (bicyclic) bond motifs is 1. The van der Waals surface area contributed by atoms with Crippen LogP contribution in [-0.4, -0.2) is 38.8 Å². The Labute approximate surface area is 264 Å². The van der Waals surface area contributed by atoms with Gasteiger partial charge in [0.2, 0.25) is 11.8 Å². The Morgan fingerprint density at radius 1 is 1.07 bits per heavy atom. The Morgan fingerprint density at radius 3 is 2.59 bits per heavy atom. The van der Waals surface area contributed by atoms with Crippen LogP contribution in [-0.2, 0) is 22.6 Å². The highest BCUT2D eigenvalue weighted by Crippen LogP contribution is 2.30. The zero-order valence-corrected chi connectivity index (χ0v) is 25.5. The SMILES string of the molecule is CC(C)(C)OC(=O)c1ccc2nc(Nc3ccc(-c4cccc(OCc5ccc(C#N)cc5F)n4)cc3F)n(C[C@@H]3CCO3)c2c1. The van der Waals surface area contributed by atoms with Gasteiger partial charge in [-0.3, -0.25) is 0 Å². The molecule has 0 bridgehead atoms. The number of nitrogens with one attached hydrogen (secondary N) is 1. The van der Waals surface area contributed by atoms with Gasteiger partial charge in [-0.05, 0) is 75.7 Å². The molecule has 6 rings (SSSR count). The van der Waals surface area contributed by atoms with Gasteiger partial charge in [-0.15, -0.1) is 0 Å². The summed E-state index contributed by atoms with van der Waals surface area (Å²) in [6, 6.07) is 20.9. The maximum absolute atomic E-state index is 15.5. The van der Waals surface area contributed by atoms with Crippen LogP contribution in [0.4, 0.5) is 20.4 Å². The van der Waals surface area contributed by atoms with Crippen molar-refractivity contribution in [3.63, 3.8) is 0 Å². The molecule has 2 aromatic heterocycles. The highest BCUT2D eigenvalue weighted by molar-refractivity contribution is 5.94. The number of halogens is 2. The van der Waals surface area contributed by atoms with Crippen LogP contribution in [0.15, 0.2) is 72.8 Å². The zero-order valence-electron chi connectivity index (χ0n) is 25.5. The van der Waals surface area contributed by atoms with Crippen molar-refractivity contribution in [3.8, 4) is 23.2 Å². The smallest absolute Gasteiger partial charge is 0.338 e. The first-order valence-corrected chi connectivity index (χ1v) is 14.8. The highest BCUT2D eigenvalue weighted by Gasteiger charge is 2.24. The summed E-state index contributed by atoms with van der Waals surface area (Å²) in [4.78, 5) is 21.9. The fourth-order valence-electron chi connectivity index (χ4n) is 4.94. The summed E-state index contributed by atoms with van der Waals surface area (Å²) in [5, 5.41) is 12.1. The molecule has 1 saturated heterocycles. The molecule has 1 aliphatic rings. The predicted molar refractivity (Wildman–Crippen MR) is 168 cm³/mol. The molecule has 1 N–H and O–H groups in total. The molecule has 0 unspecified atom stereocenters. The van der Waals surface area contributed by atoms with Crippen LogP contribution in [0.5, 0.6) is 5.88 Å². The third kappa shape index (κ3) is 6.82. The minimum atomic E-state index is -0.641. The molecule has 3 aromatic carbocycles. The number of nitrogens with zero attached hydrogens (tertiary/aromatic N) is 4. The van der Waals surface area contributed by atoms with E-state index in [2.05, 4.69) is 10.3 Å². The van der Waals surface area contributed by atoms with Gasteiger partial charge in [0.05, 0.1) is 52.3 Å². The number of pyridine rings is 1. The van der Waals surface area contributed by atoms with Gasteiger partial charge in [-0.2, -0.15) is 5.26 Å². The van der Waals surface area contributed by atoms with E-state index in [1.54, 1.807) is 48.5 Å². The van der Waals surface area contributed by atoms with E-state index in [9.17, 15) is 9.18 Å². The maximum Gasteiger partial charge on any atom is 0.338 e. The van der Waals surface area contributed by atoms with Gasteiger partial charge < -0.3 is 24.1 Å². The van der Waals surface area contributed by atoms with Crippen molar-refractivity contribution in [3.05, 3.63) is 101 Å². The Balaban J connectivity index is 1.23. The van der Waals surface area contributed by atoms with Crippen LogP contribution >= 0.6 is 0 Å². The second-order valence-electron chi connectivity index (χ2n) is 11.9. The molecule has 0 radical (unpaired) electrons.